The third kappa shape index (κ3) is 2.33. The predicted molar refractivity (Wildman–Crippen MR) is 48.3 cm³/mol. The molecular weight excluding hydrogens is 211 g/mol. The van der Waals surface area contributed by atoms with Crippen LogP contribution in [0.25, 0.3) is 0 Å². The highest BCUT2D eigenvalue weighted by molar-refractivity contribution is 5.53. The summed E-state index contributed by atoms with van der Waals surface area (Å²) in [6, 6.07) is 2.01. The number of hydrogen-bond donors (Lipinski definition) is 2. The maximum absolute atomic E-state index is 12.5. The molecule has 15 heavy (non-hydrogen) atoms. The summed E-state index contributed by atoms with van der Waals surface area (Å²) >= 11 is 0. The second kappa shape index (κ2) is 3.98. The molecule has 0 saturated heterocycles. The Morgan fingerprint density at radius 1 is 1.40 bits per heavy atom. The Morgan fingerprint density at radius 3 is 2.40 bits per heavy atom. The molecule has 0 atom stereocenters. The van der Waals surface area contributed by atoms with Crippen molar-refractivity contribution in [3.63, 3.8) is 0 Å². The molecule has 0 aliphatic carbocycles. The number of anilines is 1. The summed E-state index contributed by atoms with van der Waals surface area (Å²) in [5.74, 6) is -0.0650. The Balaban J connectivity index is 3.42. The first-order valence-corrected chi connectivity index (χ1v) is 4.04. The van der Waals surface area contributed by atoms with Gasteiger partial charge < -0.3 is 15.6 Å². The van der Waals surface area contributed by atoms with E-state index in [1.807, 2.05) is 0 Å². The number of benzene rings is 1. The molecule has 1 aromatic rings. The van der Waals surface area contributed by atoms with Crippen molar-refractivity contribution in [2.45, 2.75) is 12.8 Å². The number of aliphatic hydroxyl groups excluding tert-OH is 1. The van der Waals surface area contributed by atoms with Crippen LogP contribution in [0.15, 0.2) is 12.1 Å². The molecule has 0 unspecified atom stereocenters. The first-order chi connectivity index (χ1) is 6.90. The Bertz CT molecular complexity index is 363. The first-order valence-electron chi connectivity index (χ1n) is 4.04. The van der Waals surface area contributed by atoms with Crippen LogP contribution in [0, 0.1) is 0 Å². The van der Waals surface area contributed by atoms with E-state index in [1.165, 1.54) is 13.2 Å². The summed E-state index contributed by atoms with van der Waals surface area (Å²) in [5.41, 5.74) is 3.96. The summed E-state index contributed by atoms with van der Waals surface area (Å²) in [5, 5.41) is 8.86. The van der Waals surface area contributed by atoms with Crippen LogP contribution in [-0.2, 0) is 12.8 Å². The quantitative estimate of drug-likeness (QED) is 0.748. The highest BCUT2D eigenvalue weighted by Crippen LogP contribution is 2.37. The Morgan fingerprint density at radius 2 is 2.00 bits per heavy atom. The van der Waals surface area contributed by atoms with E-state index in [9.17, 15) is 13.2 Å². The molecule has 3 nitrogen and oxygen atoms in total. The Hall–Kier alpha value is -1.43. The summed E-state index contributed by atoms with van der Waals surface area (Å²) in [6.45, 7) is -0.752. The number of nitrogen functional groups attached to an aromatic ring is 1. The zero-order valence-corrected chi connectivity index (χ0v) is 7.93. The van der Waals surface area contributed by atoms with E-state index in [0.717, 1.165) is 6.07 Å². The number of rotatable bonds is 2. The molecule has 0 aliphatic rings. The Kier molecular flexibility index (Phi) is 3.09. The van der Waals surface area contributed by atoms with Crippen LogP contribution < -0.4 is 10.5 Å². The number of ether oxygens (including phenoxy) is 1. The molecule has 6 heteroatoms. The SMILES string of the molecule is COc1cc(N)cc(C(F)(F)F)c1CO. The van der Waals surface area contributed by atoms with Crippen LogP contribution in [0.3, 0.4) is 0 Å². The van der Waals surface area contributed by atoms with Crippen molar-refractivity contribution in [2.75, 3.05) is 12.8 Å². The molecule has 0 aromatic heterocycles. The molecule has 1 rings (SSSR count). The lowest BCUT2D eigenvalue weighted by Gasteiger charge is -2.15. The smallest absolute Gasteiger partial charge is 0.416 e. The van der Waals surface area contributed by atoms with Crippen LogP contribution in [-0.4, -0.2) is 12.2 Å². The van der Waals surface area contributed by atoms with Gasteiger partial charge in [0.2, 0.25) is 0 Å². The van der Waals surface area contributed by atoms with Gasteiger partial charge in [0, 0.05) is 17.3 Å². The van der Waals surface area contributed by atoms with Crippen molar-refractivity contribution in [1.82, 2.24) is 0 Å². The minimum absolute atomic E-state index is 0.0589. The molecule has 0 heterocycles. The van der Waals surface area contributed by atoms with E-state index in [0.29, 0.717) is 0 Å². The maximum atomic E-state index is 12.5. The van der Waals surface area contributed by atoms with Crippen LogP contribution in [0.4, 0.5) is 18.9 Å². The van der Waals surface area contributed by atoms with E-state index >= 15 is 0 Å². The lowest BCUT2D eigenvalue weighted by atomic mass is 10.1. The topological polar surface area (TPSA) is 55.5 Å². The fourth-order valence-corrected chi connectivity index (χ4v) is 1.26. The maximum Gasteiger partial charge on any atom is 0.416 e. The monoisotopic (exact) mass is 221 g/mol. The number of alkyl halides is 3. The average molecular weight is 221 g/mol. The second-order valence-corrected chi connectivity index (χ2v) is 2.91. The van der Waals surface area contributed by atoms with Crippen molar-refractivity contribution in [3.8, 4) is 5.75 Å². The van der Waals surface area contributed by atoms with E-state index < -0.39 is 18.3 Å². The molecule has 3 N–H and O–H groups in total. The van der Waals surface area contributed by atoms with Gasteiger partial charge in [-0.2, -0.15) is 13.2 Å². The molecule has 0 spiro atoms. The number of aliphatic hydroxyl groups is 1. The van der Waals surface area contributed by atoms with Crippen molar-refractivity contribution in [1.29, 1.82) is 0 Å². The fraction of sp³-hybridized carbons (Fsp3) is 0.333. The normalized spacial score (nSPS) is 11.5. The van der Waals surface area contributed by atoms with Crippen molar-refractivity contribution in [3.05, 3.63) is 23.3 Å². The average Bonchev–Trinajstić information content (AvgIpc) is 2.15. The van der Waals surface area contributed by atoms with Crippen molar-refractivity contribution in [2.24, 2.45) is 0 Å². The molecule has 0 saturated carbocycles. The highest BCUT2D eigenvalue weighted by Gasteiger charge is 2.34. The third-order valence-corrected chi connectivity index (χ3v) is 1.91. The molecule has 84 valence electrons. The standard InChI is InChI=1S/C9H10F3NO2/c1-15-8-3-5(13)2-7(6(8)4-14)9(10,11)12/h2-3,14H,4,13H2,1H3. The van der Waals surface area contributed by atoms with Gasteiger partial charge in [-0.1, -0.05) is 0 Å². The van der Waals surface area contributed by atoms with Gasteiger partial charge in [-0.15, -0.1) is 0 Å². The molecule has 0 aliphatic heterocycles. The van der Waals surface area contributed by atoms with Crippen LogP contribution >= 0.6 is 0 Å². The molecule has 0 bridgehead atoms. The van der Waals surface area contributed by atoms with Crippen LogP contribution in [0.1, 0.15) is 11.1 Å². The van der Waals surface area contributed by atoms with Gasteiger partial charge in [0.25, 0.3) is 0 Å². The van der Waals surface area contributed by atoms with E-state index in [2.05, 4.69) is 0 Å². The summed E-state index contributed by atoms with van der Waals surface area (Å²) in [6.07, 6.45) is -4.55. The molecule has 0 amide bonds. The van der Waals surface area contributed by atoms with E-state index in [4.69, 9.17) is 15.6 Å². The van der Waals surface area contributed by atoms with E-state index in [1.54, 1.807) is 0 Å². The van der Waals surface area contributed by atoms with Gasteiger partial charge in [-0.25, -0.2) is 0 Å². The lowest BCUT2D eigenvalue weighted by molar-refractivity contribution is -0.138. The predicted octanol–water partition coefficient (Wildman–Crippen LogP) is 1.79. The van der Waals surface area contributed by atoms with Crippen molar-refractivity contribution < 1.29 is 23.0 Å². The molecular formula is C9H10F3NO2. The fourth-order valence-electron chi connectivity index (χ4n) is 1.26. The van der Waals surface area contributed by atoms with Crippen LogP contribution in [0.5, 0.6) is 5.75 Å². The van der Waals surface area contributed by atoms with Gasteiger partial charge in [0.15, 0.2) is 0 Å². The zero-order chi connectivity index (χ0) is 11.6. The molecule has 1 aromatic carbocycles. The van der Waals surface area contributed by atoms with Gasteiger partial charge in [0.1, 0.15) is 5.75 Å². The minimum Gasteiger partial charge on any atom is -0.496 e. The summed E-state index contributed by atoms with van der Waals surface area (Å²) < 4.78 is 42.2. The van der Waals surface area contributed by atoms with Gasteiger partial charge in [-0.3, -0.25) is 0 Å². The minimum atomic E-state index is -4.55. The number of halogens is 3. The molecule has 0 radical (unpaired) electrons. The van der Waals surface area contributed by atoms with Gasteiger partial charge in [0.05, 0.1) is 19.3 Å². The third-order valence-electron chi connectivity index (χ3n) is 1.91. The first kappa shape index (κ1) is 11.6. The largest absolute Gasteiger partial charge is 0.496 e. The summed E-state index contributed by atoms with van der Waals surface area (Å²) in [7, 11) is 1.22. The van der Waals surface area contributed by atoms with Crippen molar-refractivity contribution >= 4 is 5.69 Å². The lowest BCUT2D eigenvalue weighted by Crippen LogP contribution is -2.11. The number of hydrogen-bond acceptors (Lipinski definition) is 3. The van der Waals surface area contributed by atoms with E-state index in [-0.39, 0.29) is 17.0 Å². The zero-order valence-electron chi connectivity index (χ0n) is 7.93. The number of methoxy groups -OCH3 is 1. The van der Waals surface area contributed by atoms with Gasteiger partial charge >= 0.3 is 6.18 Å². The highest BCUT2D eigenvalue weighted by atomic mass is 19.4. The second-order valence-electron chi connectivity index (χ2n) is 2.91. The number of nitrogens with two attached hydrogens (primary N) is 1. The Labute approximate surface area is 84.3 Å². The van der Waals surface area contributed by atoms with Crippen LogP contribution in [0.2, 0.25) is 0 Å². The summed E-state index contributed by atoms with van der Waals surface area (Å²) in [4.78, 5) is 0. The van der Waals surface area contributed by atoms with Gasteiger partial charge in [-0.05, 0) is 6.07 Å². The molecule has 0 fully saturated rings.